The van der Waals surface area contributed by atoms with Gasteiger partial charge >= 0.3 is 7.12 Å². The monoisotopic (exact) mass is 596 g/mol. The van der Waals surface area contributed by atoms with Gasteiger partial charge < -0.3 is 10.0 Å². The second kappa shape index (κ2) is 11.7. The molecule has 0 spiro atoms. The molecule has 17 unspecified atom stereocenters. The minimum absolute atomic E-state index is 0.0653. The van der Waals surface area contributed by atoms with E-state index in [1.54, 1.807) is 0 Å². The summed E-state index contributed by atoms with van der Waals surface area (Å²) in [4.78, 5) is 0. The van der Waals surface area contributed by atoms with E-state index in [-0.39, 0.29) is 36.4 Å². The van der Waals surface area contributed by atoms with E-state index in [9.17, 15) is 10.0 Å². The molecule has 4 saturated carbocycles. The van der Waals surface area contributed by atoms with Crippen LogP contribution in [0.2, 0.25) is 5.82 Å². The van der Waals surface area contributed by atoms with Crippen molar-refractivity contribution in [3.05, 3.63) is 0 Å². The van der Waals surface area contributed by atoms with Gasteiger partial charge in [0.2, 0.25) is 0 Å². The Bertz CT molecular complexity index is 1010. The van der Waals surface area contributed by atoms with Crippen LogP contribution in [0, 0.1) is 47.3 Å². The zero-order valence-corrected chi connectivity index (χ0v) is 25.9. The first kappa shape index (κ1) is 28.9. The van der Waals surface area contributed by atoms with Crippen molar-refractivity contribution in [1.29, 1.82) is 0 Å². The largest absolute Gasteiger partial charge is 0.455 e. The fourth-order valence-corrected chi connectivity index (χ4v) is 12.5. The molecule has 5 aliphatic heterocycles. The Morgan fingerprint density at radius 1 is 0.326 bits per heavy atom. The summed E-state index contributed by atoms with van der Waals surface area (Å²) in [5, 5.41) is 54.3. The molecule has 4 aliphatic carbocycles. The van der Waals surface area contributed by atoms with Gasteiger partial charge in [-0.2, -0.15) is 0 Å². The lowest BCUT2D eigenvalue weighted by atomic mass is 9.56. The number of hydrogen-bond acceptors (Lipinski definition) is 10. The molecule has 0 aromatic heterocycles. The van der Waals surface area contributed by atoms with Gasteiger partial charge in [0.05, 0.1) is 49.3 Å². The summed E-state index contributed by atoms with van der Waals surface area (Å²) in [6.07, 6.45) is 21.1. The molecular weight excluding hydrogens is 539 g/mol. The second-order valence-electron chi connectivity index (χ2n) is 16.2. The highest BCUT2D eigenvalue weighted by atomic mass is 16.4. The maximum atomic E-state index is 10.6. The predicted octanol–water partition coefficient (Wildman–Crippen LogP) is 1.06. The van der Waals surface area contributed by atoms with Crippen LogP contribution in [0.25, 0.3) is 0 Å². The third-order valence-electron chi connectivity index (χ3n) is 14.3. The van der Waals surface area contributed by atoms with Crippen LogP contribution < -0.4 is 42.5 Å². The summed E-state index contributed by atoms with van der Waals surface area (Å²) in [6.45, 7) is 0. The average Bonchev–Trinajstić information content (AvgIpc) is 3.76. The smallest absolute Gasteiger partial charge is 0.427 e. The normalized spacial score (nSPS) is 56.1. The van der Waals surface area contributed by atoms with Crippen molar-refractivity contribution in [2.45, 2.75) is 151 Å². The van der Waals surface area contributed by atoms with Gasteiger partial charge in [0.25, 0.3) is 0 Å². The lowest BCUT2D eigenvalue weighted by Gasteiger charge is -2.39. The Morgan fingerprint density at radius 2 is 0.605 bits per heavy atom. The molecule has 10 N–H and O–H groups in total. The topological polar surface area (TPSA) is 137 Å². The SMILES string of the molecule is OB(O)C1CCCC2C3NC4NC(NC5NC(NC6NC(NC(N3)C12)C1CCCCC61)C1CCCCC51)C1CCCCC41. The number of rotatable bonds is 1. The molecule has 5 saturated heterocycles. The maximum Gasteiger partial charge on any atom is 0.455 e. The highest BCUT2D eigenvalue weighted by molar-refractivity contribution is 6.43. The molecule has 9 aliphatic rings. The van der Waals surface area contributed by atoms with E-state index in [1.165, 1.54) is 77.0 Å². The number of fused-ring (bicyclic) bond motifs is 20. The molecule has 43 heavy (non-hydrogen) atoms. The summed E-state index contributed by atoms with van der Waals surface area (Å²) in [6, 6.07) is 0. The Balaban J connectivity index is 1.07. The highest BCUT2D eigenvalue weighted by Gasteiger charge is 2.56. The minimum atomic E-state index is -1.26. The minimum Gasteiger partial charge on any atom is -0.427 e. The summed E-state index contributed by atoms with van der Waals surface area (Å²) in [5.41, 5.74) is 0. The first-order chi connectivity index (χ1) is 21.1. The molecule has 11 heteroatoms. The van der Waals surface area contributed by atoms with Crippen molar-refractivity contribution in [2.24, 2.45) is 47.3 Å². The third kappa shape index (κ3) is 4.99. The number of nitrogens with one attached hydrogen (secondary N) is 8. The fraction of sp³-hybridized carbons (Fsp3) is 1.00. The molecule has 240 valence electrons. The van der Waals surface area contributed by atoms with Crippen molar-refractivity contribution in [1.82, 2.24) is 42.5 Å². The van der Waals surface area contributed by atoms with Gasteiger partial charge in [-0.15, -0.1) is 0 Å². The molecule has 17 atom stereocenters. The molecule has 0 aromatic carbocycles. The zero-order valence-electron chi connectivity index (χ0n) is 25.9. The van der Waals surface area contributed by atoms with Crippen LogP contribution in [0.3, 0.4) is 0 Å². The van der Waals surface area contributed by atoms with Crippen LogP contribution in [0.4, 0.5) is 0 Å². The molecule has 9 fully saturated rings. The van der Waals surface area contributed by atoms with Crippen LogP contribution in [0.5, 0.6) is 0 Å². The average molecular weight is 597 g/mol. The summed E-state index contributed by atoms with van der Waals surface area (Å²) >= 11 is 0. The quantitative estimate of drug-likeness (QED) is 0.200. The van der Waals surface area contributed by atoms with Crippen molar-refractivity contribution >= 4 is 7.12 Å². The summed E-state index contributed by atoms with van der Waals surface area (Å²) in [5.74, 6) is 4.41. The van der Waals surface area contributed by atoms with Gasteiger partial charge in [-0.1, -0.05) is 51.4 Å². The van der Waals surface area contributed by atoms with Crippen molar-refractivity contribution in [2.75, 3.05) is 0 Å². The second-order valence-corrected chi connectivity index (χ2v) is 16.2. The summed E-state index contributed by atoms with van der Waals surface area (Å²) < 4.78 is 0. The number of hydrogen-bond donors (Lipinski definition) is 10. The Hall–Kier alpha value is -0.335. The van der Waals surface area contributed by atoms with E-state index in [2.05, 4.69) is 42.5 Å². The highest BCUT2D eigenvalue weighted by Crippen LogP contribution is 2.48. The van der Waals surface area contributed by atoms with Crippen molar-refractivity contribution < 1.29 is 10.0 Å². The first-order valence-corrected chi connectivity index (χ1v) is 18.6. The zero-order chi connectivity index (χ0) is 28.7. The molecule has 10 nitrogen and oxygen atoms in total. The van der Waals surface area contributed by atoms with Gasteiger partial charge in [-0.3, -0.25) is 42.5 Å². The van der Waals surface area contributed by atoms with Gasteiger partial charge in [0.15, 0.2) is 0 Å². The van der Waals surface area contributed by atoms with E-state index < -0.39 is 7.12 Å². The van der Waals surface area contributed by atoms with E-state index in [0.717, 1.165) is 19.3 Å². The Kier molecular flexibility index (Phi) is 7.87. The fourth-order valence-electron chi connectivity index (χ4n) is 12.5. The van der Waals surface area contributed by atoms with Gasteiger partial charge in [-0.05, 0) is 98.1 Å². The third-order valence-corrected chi connectivity index (χ3v) is 14.3. The molecule has 8 bridgehead atoms. The summed E-state index contributed by atoms with van der Waals surface area (Å²) in [7, 11) is -1.26. The standard InChI is InChI=1S/C32H57BN8O2/c42-33(43)23-15-7-14-22-24(23)32-40-30-21-13-6-5-12-20(21)28(38-30)36-26-17-9-2-1-8-16(17)25(34-26)35-27-18-10-3-4-11-19(18)29(37-27)39-31(22)41-32/h16-32,34-43H,1-15H2. The molecule has 0 amide bonds. The van der Waals surface area contributed by atoms with Crippen molar-refractivity contribution in [3.63, 3.8) is 0 Å². The molecule has 9 rings (SSSR count). The van der Waals surface area contributed by atoms with Crippen LogP contribution in [0.15, 0.2) is 0 Å². The maximum absolute atomic E-state index is 10.6. The van der Waals surface area contributed by atoms with E-state index in [4.69, 9.17) is 0 Å². The van der Waals surface area contributed by atoms with Gasteiger partial charge in [0.1, 0.15) is 0 Å². The molecular formula is C32H57BN8O2. The van der Waals surface area contributed by atoms with E-state index in [0.29, 0.717) is 66.1 Å². The van der Waals surface area contributed by atoms with Crippen LogP contribution in [0.1, 0.15) is 96.3 Å². The Morgan fingerprint density at radius 3 is 0.930 bits per heavy atom. The van der Waals surface area contributed by atoms with Gasteiger partial charge in [0, 0.05) is 0 Å². The predicted molar refractivity (Wildman–Crippen MR) is 167 cm³/mol. The first-order valence-electron chi connectivity index (χ1n) is 18.6. The molecule has 0 aromatic rings. The van der Waals surface area contributed by atoms with Gasteiger partial charge in [-0.25, -0.2) is 0 Å². The lowest BCUT2D eigenvalue weighted by Crippen LogP contribution is -2.61. The van der Waals surface area contributed by atoms with Crippen LogP contribution in [-0.4, -0.2) is 66.5 Å². The molecule has 0 radical (unpaired) electrons. The molecule has 5 heterocycles. The van der Waals surface area contributed by atoms with Crippen LogP contribution >= 0.6 is 0 Å². The Labute approximate surface area is 258 Å². The van der Waals surface area contributed by atoms with E-state index >= 15 is 0 Å². The van der Waals surface area contributed by atoms with Crippen LogP contribution in [-0.2, 0) is 0 Å². The van der Waals surface area contributed by atoms with E-state index in [1.807, 2.05) is 0 Å². The van der Waals surface area contributed by atoms with Crippen molar-refractivity contribution in [3.8, 4) is 0 Å². The lowest BCUT2D eigenvalue weighted by molar-refractivity contribution is 0.160.